The molecule has 0 aromatic rings. The third-order valence-electron chi connectivity index (χ3n) is 0. The van der Waals surface area contributed by atoms with Crippen LogP contribution in [0.2, 0.25) is 0 Å². The average Bonchev–Trinajstić information content (AvgIpc) is 0.811. The van der Waals surface area contributed by atoms with Crippen LogP contribution in [0, 0.1) is 5.41 Å². The molecule has 0 fully saturated rings. The van der Waals surface area contributed by atoms with Crippen LogP contribution >= 0.6 is 0 Å². The van der Waals surface area contributed by atoms with E-state index >= 15 is 0 Å². The van der Waals surface area contributed by atoms with E-state index in [-0.39, 0.29) is 24.4 Å². The molecule has 0 unspecified atom stereocenters. The molecule has 0 rings (SSSR count). The van der Waals surface area contributed by atoms with Crippen LogP contribution in [0.4, 0.5) is 0 Å². The van der Waals surface area contributed by atoms with Crippen LogP contribution in [-0.4, -0.2) is 45.1 Å². The van der Waals surface area contributed by atoms with Crippen molar-refractivity contribution in [1.29, 1.82) is 5.41 Å². The predicted molar refractivity (Wildman–Crippen MR) is 24.9 cm³/mol. The van der Waals surface area contributed by atoms with Crippen molar-refractivity contribution >= 4 is 45.1 Å². The van der Waals surface area contributed by atoms with Crippen molar-refractivity contribution in [2.24, 2.45) is 0 Å². The van der Waals surface area contributed by atoms with Crippen LogP contribution in [0.15, 0.2) is 0 Å². The molecule has 28 valence electrons. The van der Waals surface area contributed by atoms with E-state index in [4.69, 9.17) is 5.41 Å². The predicted octanol–water partition coefficient (Wildman–Crippen LogP) is -0.229. The zero-order valence-corrected chi connectivity index (χ0v) is 7.12. The van der Waals surface area contributed by atoms with Crippen molar-refractivity contribution in [2.45, 2.75) is 6.92 Å². The maximum Gasteiger partial charge on any atom is 0 e. The van der Waals surface area contributed by atoms with Crippen LogP contribution in [0.3, 0.4) is 0 Å². The summed E-state index contributed by atoms with van der Waals surface area (Å²) in [5.41, 5.74) is 0. The third-order valence-corrected chi connectivity index (χ3v) is 0. The van der Waals surface area contributed by atoms with Gasteiger partial charge in [0.15, 0.2) is 0 Å². The molecule has 0 spiro atoms. The van der Waals surface area contributed by atoms with E-state index in [9.17, 15) is 0 Å². The summed E-state index contributed by atoms with van der Waals surface area (Å²) >= 11 is 2.49. The van der Waals surface area contributed by atoms with Gasteiger partial charge in [0.25, 0.3) is 0 Å². The van der Waals surface area contributed by atoms with E-state index in [2.05, 4.69) is 16.0 Å². The molecule has 0 saturated carbocycles. The fourth-order valence-corrected chi connectivity index (χ4v) is 0. The van der Waals surface area contributed by atoms with E-state index < -0.39 is 0 Å². The van der Waals surface area contributed by atoms with Gasteiger partial charge >= 0.3 is 33.0 Å². The van der Waals surface area contributed by atoms with Gasteiger partial charge in [0.2, 0.25) is 0 Å². The quantitative estimate of drug-likeness (QED) is 0.448. The molecule has 4 radical (unpaired) electrons. The first kappa shape index (κ1) is 9.38. The van der Waals surface area contributed by atoms with Gasteiger partial charge in [0.1, 0.15) is 0 Å². The average molecular weight is 243 g/mol. The molecule has 0 aromatic heterocycles. The van der Waals surface area contributed by atoms with Gasteiger partial charge in [-0.1, -0.05) is 0 Å². The van der Waals surface area contributed by atoms with Crippen molar-refractivity contribution in [3.63, 3.8) is 0 Å². The van der Waals surface area contributed by atoms with Gasteiger partial charge in [0.05, 0.1) is 0 Å². The first-order valence-electron chi connectivity index (χ1n) is 0.954. The molecule has 0 bridgehead atoms. The van der Waals surface area contributed by atoms with Crippen LogP contribution in [-0.2, 0) is 0 Å². The summed E-state index contributed by atoms with van der Waals surface area (Å²) in [6.07, 6.45) is 0. The van der Waals surface area contributed by atoms with E-state index in [1.165, 1.54) is 0 Å². The van der Waals surface area contributed by atoms with Crippen LogP contribution in [0.5, 0.6) is 0 Å². The second-order valence-electron chi connectivity index (χ2n) is 0.556. The molecule has 0 heterocycles. The molecule has 1 N–H and O–H groups in total. The Labute approximate surface area is 57.3 Å². The smallest absolute Gasteiger partial charge is 0 e. The fourth-order valence-electron chi connectivity index (χ4n) is 0. The Kier molecular flexibility index (Phi) is 9.39. The van der Waals surface area contributed by atoms with Gasteiger partial charge in [-0.05, 0) is 0 Å². The van der Waals surface area contributed by atoms with Gasteiger partial charge in [-0.3, -0.25) is 0 Å². The molecule has 0 aromatic carbocycles. The fraction of sp³-hybridized carbons (Fsp3) is 0.500. The summed E-state index contributed by atoms with van der Waals surface area (Å²) in [7, 11) is 0. The van der Waals surface area contributed by atoms with Crippen molar-refractivity contribution in [3.05, 3.63) is 0 Å². The van der Waals surface area contributed by atoms with Crippen molar-refractivity contribution in [3.8, 4) is 0 Å². The minimum absolute atomic E-state index is 0. The molecule has 0 amide bonds. The summed E-state index contributed by atoms with van der Waals surface area (Å²) in [4.78, 5) is 0. The number of rotatable bonds is 0. The Morgan fingerprint density at radius 3 is 1.80 bits per heavy atom. The van der Waals surface area contributed by atoms with Gasteiger partial charge < -0.3 is 0 Å². The van der Waals surface area contributed by atoms with E-state index in [1.54, 1.807) is 6.92 Å². The second-order valence-corrected chi connectivity index (χ2v) is 1.84. The molecule has 0 aliphatic heterocycles. The van der Waals surface area contributed by atoms with Crippen molar-refractivity contribution in [1.82, 2.24) is 0 Å². The number of hydrogen-bond acceptors (Lipinski definition) is 1. The summed E-state index contributed by atoms with van der Waals surface area (Å²) in [5, 5.41) is 6.44. The zero-order valence-electron chi connectivity index (χ0n) is 2.86. The zero-order chi connectivity index (χ0) is 3.58. The van der Waals surface area contributed by atoms with Gasteiger partial charge in [-0.15, -0.1) is 0 Å². The monoisotopic (exact) mass is 243 g/mol. The molecule has 0 atom stereocenters. The summed E-state index contributed by atoms with van der Waals surface area (Å²) in [6, 6.07) is 0. The Morgan fingerprint density at radius 1 is 1.80 bits per heavy atom. The van der Waals surface area contributed by atoms with Gasteiger partial charge in [0, 0.05) is 24.4 Å². The molecule has 0 saturated heterocycles. The minimum Gasteiger partial charge on any atom is 0 e. The molecular weight excluding hydrogens is 239 g/mol. The summed E-state index contributed by atoms with van der Waals surface area (Å²) in [6.45, 7) is 1.69. The SMILES string of the molecule is CC(=N)[Se].[Sb]. The first-order valence-corrected chi connectivity index (χ1v) is 1.81. The Morgan fingerprint density at radius 2 is 1.80 bits per heavy atom. The standard InChI is InChI=1S/C2H4NSe.Sb/c1-2(3)4;/h3H,1H3;. The Bertz CT molecular complexity index is 32.6. The second kappa shape index (κ2) is 5.01. The van der Waals surface area contributed by atoms with Crippen LogP contribution in [0.25, 0.3) is 0 Å². The largest absolute Gasteiger partial charge is 0 e. The maximum atomic E-state index is 6.44. The third kappa shape index (κ3) is 44.6. The van der Waals surface area contributed by atoms with Crippen molar-refractivity contribution < 1.29 is 0 Å². The molecule has 5 heavy (non-hydrogen) atoms. The molecular formula is C2H4NSbSe. The minimum atomic E-state index is 0. The maximum absolute atomic E-state index is 6.44. The van der Waals surface area contributed by atoms with Gasteiger partial charge in [-0.25, -0.2) is 0 Å². The number of hydrogen-bond donors (Lipinski definition) is 1. The van der Waals surface area contributed by atoms with Crippen LogP contribution in [0.1, 0.15) is 6.92 Å². The van der Waals surface area contributed by atoms with E-state index in [1.807, 2.05) is 0 Å². The van der Waals surface area contributed by atoms with Gasteiger partial charge in [-0.2, -0.15) is 0 Å². The molecule has 0 aliphatic rings. The van der Waals surface area contributed by atoms with E-state index in [0.29, 0.717) is 4.61 Å². The van der Waals surface area contributed by atoms with E-state index in [0.717, 1.165) is 0 Å². The van der Waals surface area contributed by atoms with Crippen molar-refractivity contribution in [2.75, 3.05) is 0 Å². The molecule has 0 aliphatic carbocycles. The normalized spacial score (nSPS) is 5.00. The Balaban J connectivity index is 0. The molecule has 3 heteroatoms. The topological polar surface area (TPSA) is 23.9 Å². The first-order chi connectivity index (χ1) is 1.73. The Hall–Kier alpha value is 1.01. The molecule has 1 nitrogen and oxygen atoms in total. The summed E-state index contributed by atoms with van der Waals surface area (Å²) in [5.74, 6) is 0. The summed E-state index contributed by atoms with van der Waals surface area (Å²) < 4.78 is 0.542. The van der Waals surface area contributed by atoms with Crippen LogP contribution < -0.4 is 0 Å². The number of nitrogens with one attached hydrogen (secondary N) is 1.